The van der Waals surface area contributed by atoms with Crippen molar-refractivity contribution in [3.63, 3.8) is 0 Å². The Bertz CT molecular complexity index is 600. The average molecular weight is 282 g/mol. The first-order valence-electron chi connectivity index (χ1n) is 5.80. The van der Waals surface area contributed by atoms with Crippen molar-refractivity contribution in [1.29, 1.82) is 0 Å². The van der Waals surface area contributed by atoms with Gasteiger partial charge in [0.05, 0.1) is 24.1 Å². The topological polar surface area (TPSA) is 72.6 Å². The molecule has 1 rings (SSSR count). The summed E-state index contributed by atoms with van der Waals surface area (Å²) in [6.07, 6.45) is 0. The van der Waals surface area contributed by atoms with Crippen molar-refractivity contribution in [2.75, 3.05) is 27.2 Å². The third-order valence-corrected chi connectivity index (χ3v) is 4.58. The number of sulfonamides is 1. The van der Waals surface area contributed by atoms with Gasteiger partial charge in [-0.1, -0.05) is 18.8 Å². The Hall–Kier alpha value is -1.55. The van der Waals surface area contributed by atoms with Gasteiger partial charge in [-0.3, -0.25) is 0 Å². The maximum Gasteiger partial charge on any atom is 0.242 e. The Morgan fingerprint density at radius 2 is 2.11 bits per heavy atom. The van der Waals surface area contributed by atoms with Gasteiger partial charge in [0.15, 0.2) is 0 Å². The van der Waals surface area contributed by atoms with Crippen LogP contribution in [-0.2, 0) is 10.0 Å². The van der Waals surface area contributed by atoms with E-state index in [4.69, 9.17) is 10.5 Å². The van der Waals surface area contributed by atoms with Crippen LogP contribution in [-0.4, -0.2) is 40.0 Å². The summed E-state index contributed by atoms with van der Waals surface area (Å²) in [5.74, 6) is 6.03. The second-order valence-electron chi connectivity index (χ2n) is 3.79. The molecule has 0 saturated carbocycles. The van der Waals surface area contributed by atoms with E-state index < -0.39 is 10.0 Å². The van der Waals surface area contributed by atoms with Crippen LogP contribution in [0.3, 0.4) is 0 Å². The molecule has 0 amide bonds. The van der Waals surface area contributed by atoms with E-state index in [1.165, 1.54) is 30.6 Å². The second kappa shape index (κ2) is 6.57. The molecule has 0 atom stereocenters. The molecule has 0 bridgehead atoms. The molecule has 2 N–H and O–H groups in total. The highest BCUT2D eigenvalue weighted by Crippen LogP contribution is 2.23. The van der Waals surface area contributed by atoms with Gasteiger partial charge >= 0.3 is 0 Å². The van der Waals surface area contributed by atoms with Crippen molar-refractivity contribution in [1.82, 2.24) is 4.31 Å². The lowest BCUT2D eigenvalue weighted by Gasteiger charge is -2.15. The van der Waals surface area contributed by atoms with Crippen molar-refractivity contribution in [3.05, 3.63) is 23.8 Å². The van der Waals surface area contributed by atoms with E-state index >= 15 is 0 Å². The molecule has 104 valence electrons. The van der Waals surface area contributed by atoms with Gasteiger partial charge in [0, 0.05) is 13.6 Å². The lowest BCUT2D eigenvalue weighted by atomic mass is 10.2. The number of benzene rings is 1. The lowest BCUT2D eigenvalue weighted by molar-refractivity contribution is 0.413. The minimum atomic E-state index is -3.48. The Balaban J connectivity index is 3.33. The van der Waals surface area contributed by atoms with Gasteiger partial charge in [-0.05, 0) is 18.2 Å². The van der Waals surface area contributed by atoms with Crippen molar-refractivity contribution < 1.29 is 13.2 Å². The molecule has 0 aliphatic carbocycles. The molecular formula is C13H18N2O3S. The van der Waals surface area contributed by atoms with Gasteiger partial charge in [0.1, 0.15) is 5.75 Å². The molecule has 0 unspecified atom stereocenters. The van der Waals surface area contributed by atoms with Crippen LogP contribution in [0.2, 0.25) is 0 Å². The summed E-state index contributed by atoms with van der Waals surface area (Å²) in [5, 5.41) is 0. The monoisotopic (exact) mass is 282 g/mol. The first-order valence-corrected chi connectivity index (χ1v) is 7.24. The molecule has 0 spiro atoms. The first-order chi connectivity index (χ1) is 8.97. The van der Waals surface area contributed by atoms with Crippen LogP contribution in [0.15, 0.2) is 23.1 Å². The average Bonchev–Trinajstić information content (AvgIpc) is 2.43. The molecular weight excluding hydrogens is 264 g/mol. The predicted octanol–water partition coefficient (Wildman–Crippen LogP) is 0.646. The van der Waals surface area contributed by atoms with Gasteiger partial charge in [-0.25, -0.2) is 12.7 Å². The molecule has 0 saturated heterocycles. The van der Waals surface area contributed by atoms with Gasteiger partial charge in [0.25, 0.3) is 0 Å². The minimum Gasteiger partial charge on any atom is -0.495 e. The molecule has 1 aromatic rings. The van der Waals surface area contributed by atoms with Gasteiger partial charge in [0.2, 0.25) is 10.0 Å². The summed E-state index contributed by atoms with van der Waals surface area (Å²) in [4.78, 5) is 0.193. The van der Waals surface area contributed by atoms with Crippen LogP contribution in [0.5, 0.6) is 5.75 Å². The Labute approximate surface area is 114 Å². The van der Waals surface area contributed by atoms with Crippen molar-refractivity contribution in [2.45, 2.75) is 11.8 Å². The standard InChI is InChI=1S/C13H18N2O3S/c1-4-15(2)19(16,17)12-7-8-13(18-3)11(10-12)6-5-9-14/h7-8,10H,4,9,14H2,1-3H3. The van der Waals surface area contributed by atoms with Crippen LogP contribution in [0.4, 0.5) is 0 Å². The summed E-state index contributed by atoms with van der Waals surface area (Å²) in [6.45, 7) is 2.38. The molecule has 19 heavy (non-hydrogen) atoms. The van der Waals surface area contributed by atoms with Crippen LogP contribution >= 0.6 is 0 Å². The van der Waals surface area contributed by atoms with Gasteiger partial charge in [-0.15, -0.1) is 0 Å². The van der Waals surface area contributed by atoms with E-state index in [2.05, 4.69) is 11.8 Å². The summed E-state index contributed by atoms with van der Waals surface area (Å²) in [5.41, 5.74) is 5.83. The zero-order valence-corrected chi connectivity index (χ0v) is 12.1. The third kappa shape index (κ3) is 3.47. The van der Waals surface area contributed by atoms with Crippen molar-refractivity contribution >= 4 is 10.0 Å². The third-order valence-electron chi connectivity index (χ3n) is 2.65. The Morgan fingerprint density at radius 3 is 2.63 bits per heavy atom. The van der Waals surface area contributed by atoms with Crippen LogP contribution in [0, 0.1) is 11.8 Å². The van der Waals surface area contributed by atoms with Crippen molar-refractivity contribution in [2.24, 2.45) is 5.73 Å². The lowest BCUT2D eigenvalue weighted by Crippen LogP contribution is -2.26. The highest BCUT2D eigenvalue weighted by atomic mass is 32.2. The normalized spacial score (nSPS) is 11.0. The predicted molar refractivity (Wildman–Crippen MR) is 74.4 cm³/mol. The molecule has 0 aliphatic heterocycles. The van der Waals surface area contributed by atoms with E-state index in [-0.39, 0.29) is 11.4 Å². The van der Waals surface area contributed by atoms with Gasteiger partial charge < -0.3 is 10.5 Å². The minimum absolute atomic E-state index is 0.193. The molecule has 0 aromatic heterocycles. The van der Waals surface area contributed by atoms with E-state index in [9.17, 15) is 8.42 Å². The highest BCUT2D eigenvalue weighted by Gasteiger charge is 2.20. The summed E-state index contributed by atoms with van der Waals surface area (Å²) in [6, 6.07) is 4.61. The molecule has 0 radical (unpaired) electrons. The summed E-state index contributed by atoms with van der Waals surface area (Å²) < 4.78 is 30.8. The SMILES string of the molecule is CCN(C)S(=O)(=O)c1ccc(OC)c(C#CCN)c1. The summed E-state index contributed by atoms with van der Waals surface area (Å²) in [7, 11) is -0.441. The maximum absolute atomic E-state index is 12.2. The van der Waals surface area contributed by atoms with Crippen LogP contribution in [0.25, 0.3) is 0 Å². The fourth-order valence-corrected chi connectivity index (χ4v) is 2.65. The number of rotatable bonds is 4. The largest absolute Gasteiger partial charge is 0.495 e. The number of ether oxygens (including phenoxy) is 1. The molecule has 0 heterocycles. The number of methoxy groups -OCH3 is 1. The van der Waals surface area contributed by atoms with Crippen LogP contribution < -0.4 is 10.5 Å². The van der Waals surface area contributed by atoms with Crippen LogP contribution in [0.1, 0.15) is 12.5 Å². The fourth-order valence-electron chi connectivity index (χ4n) is 1.44. The Morgan fingerprint density at radius 1 is 1.42 bits per heavy atom. The number of hydrogen-bond acceptors (Lipinski definition) is 4. The van der Waals surface area contributed by atoms with E-state index in [0.29, 0.717) is 17.9 Å². The number of nitrogens with zero attached hydrogens (tertiary/aromatic N) is 1. The van der Waals surface area contributed by atoms with E-state index in [1.54, 1.807) is 13.0 Å². The smallest absolute Gasteiger partial charge is 0.242 e. The van der Waals surface area contributed by atoms with E-state index in [1.807, 2.05) is 0 Å². The van der Waals surface area contributed by atoms with Gasteiger partial charge in [-0.2, -0.15) is 0 Å². The Kier molecular flexibility index (Phi) is 5.36. The molecule has 6 heteroatoms. The maximum atomic E-state index is 12.2. The highest BCUT2D eigenvalue weighted by molar-refractivity contribution is 7.89. The molecule has 5 nitrogen and oxygen atoms in total. The number of hydrogen-bond donors (Lipinski definition) is 1. The first kappa shape index (κ1) is 15.5. The quantitative estimate of drug-likeness (QED) is 0.823. The zero-order chi connectivity index (χ0) is 14.5. The molecule has 1 aromatic carbocycles. The van der Waals surface area contributed by atoms with Crippen molar-refractivity contribution in [3.8, 4) is 17.6 Å². The molecule has 0 fully saturated rings. The second-order valence-corrected chi connectivity index (χ2v) is 5.83. The van der Waals surface area contributed by atoms with E-state index in [0.717, 1.165) is 0 Å². The summed E-state index contributed by atoms with van der Waals surface area (Å²) >= 11 is 0. The fraction of sp³-hybridized carbons (Fsp3) is 0.385. The number of nitrogens with two attached hydrogens (primary N) is 1. The molecule has 0 aliphatic rings. The zero-order valence-electron chi connectivity index (χ0n) is 11.3.